The Morgan fingerprint density at radius 3 is 2.07 bits per heavy atom. The predicted octanol–water partition coefficient (Wildman–Crippen LogP) is 3.34. The SMILES string of the molecule is CC1CCC(NC2CCC2(C)C)CC1. The van der Waals surface area contributed by atoms with E-state index in [1.165, 1.54) is 38.5 Å². The van der Waals surface area contributed by atoms with E-state index in [4.69, 9.17) is 0 Å². The highest BCUT2D eigenvalue weighted by molar-refractivity contribution is 4.96. The van der Waals surface area contributed by atoms with E-state index in [0.717, 1.165) is 18.0 Å². The van der Waals surface area contributed by atoms with E-state index in [1.54, 1.807) is 0 Å². The van der Waals surface area contributed by atoms with Crippen LogP contribution in [0.15, 0.2) is 0 Å². The van der Waals surface area contributed by atoms with Crippen molar-refractivity contribution in [3.05, 3.63) is 0 Å². The summed E-state index contributed by atoms with van der Waals surface area (Å²) in [5, 5.41) is 3.87. The van der Waals surface area contributed by atoms with Gasteiger partial charge in [0.15, 0.2) is 0 Å². The van der Waals surface area contributed by atoms with Crippen molar-refractivity contribution in [1.29, 1.82) is 0 Å². The molecule has 1 heteroatoms. The number of nitrogens with one attached hydrogen (secondary N) is 1. The summed E-state index contributed by atoms with van der Waals surface area (Å²) in [5.41, 5.74) is 0.572. The fraction of sp³-hybridized carbons (Fsp3) is 1.00. The third kappa shape index (κ3) is 2.13. The quantitative estimate of drug-likeness (QED) is 0.712. The number of rotatable bonds is 2. The van der Waals surface area contributed by atoms with Gasteiger partial charge < -0.3 is 5.32 Å². The maximum Gasteiger partial charge on any atom is 0.0121 e. The highest BCUT2D eigenvalue weighted by atomic mass is 15.0. The second kappa shape index (κ2) is 3.84. The van der Waals surface area contributed by atoms with Crippen LogP contribution in [0.2, 0.25) is 0 Å². The molecule has 2 aliphatic carbocycles. The summed E-state index contributed by atoms with van der Waals surface area (Å²) in [6, 6.07) is 1.64. The molecule has 0 heterocycles. The van der Waals surface area contributed by atoms with Crippen molar-refractivity contribution < 1.29 is 0 Å². The topological polar surface area (TPSA) is 12.0 Å². The molecule has 1 nitrogen and oxygen atoms in total. The summed E-state index contributed by atoms with van der Waals surface area (Å²) in [6.07, 6.45) is 8.50. The van der Waals surface area contributed by atoms with Crippen LogP contribution in [-0.4, -0.2) is 12.1 Å². The van der Waals surface area contributed by atoms with Gasteiger partial charge in [0.25, 0.3) is 0 Å². The monoisotopic (exact) mass is 195 g/mol. The Labute approximate surface area is 88.7 Å². The third-order valence-electron chi connectivity index (χ3n) is 4.47. The summed E-state index contributed by atoms with van der Waals surface area (Å²) in [7, 11) is 0. The van der Waals surface area contributed by atoms with Crippen LogP contribution in [0.1, 0.15) is 59.3 Å². The average molecular weight is 195 g/mol. The maximum absolute atomic E-state index is 3.87. The molecule has 1 N–H and O–H groups in total. The number of hydrogen-bond donors (Lipinski definition) is 1. The van der Waals surface area contributed by atoms with Gasteiger partial charge in [-0.3, -0.25) is 0 Å². The minimum absolute atomic E-state index is 0.572. The Kier molecular flexibility index (Phi) is 2.88. The second-order valence-electron chi connectivity index (χ2n) is 6.20. The van der Waals surface area contributed by atoms with Crippen LogP contribution in [-0.2, 0) is 0 Å². The summed E-state index contributed by atoms with van der Waals surface area (Å²) < 4.78 is 0. The zero-order valence-corrected chi connectivity index (χ0v) is 9.97. The fourth-order valence-electron chi connectivity index (χ4n) is 2.89. The van der Waals surface area contributed by atoms with Crippen molar-refractivity contribution in [1.82, 2.24) is 5.32 Å². The Bertz CT molecular complexity index is 189. The molecule has 0 aromatic rings. The molecule has 2 fully saturated rings. The standard InChI is InChI=1S/C13H25N/c1-10-4-6-11(7-5-10)14-12-8-9-13(12,2)3/h10-12,14H,4-9H2,1-3H3. The summed E-state index contributed by atoms with van der Waals surface area (Å²) in [5.74, 6) is 0.974. The molecule has 1 atom stereocenters. The first-order valence-corrected chi connectivity index (χ1v) is 6.34. The van der Waals surface area contributed by atoms with Gasteiger partial charge in [0, 0.05) is 12.1 Å². The lowest BCUT2D eigenvalue weighted by Gasteiger charge is -2.47. The summed E-state index contributed by atoms with van der Waals surface area (Å²) >= 11 is 0. The van der Waals surface area contributed by atoms with Gasteiger partial charge in [-0.15, -0.1) is 0 Å². The Morgan fingerprint density at radius 1 is 1.00 bits per heavy atom. The Hall–Kier alpha value is -0.0400. The van der Waals surface area contributed by atoms with Crippen LogP contribution in [0.4, 0.5) is 0 Å². The fourth-order valence-corrected chi connectivity index (χ4v) is 2.89. The molecule has 0 spiro atoms. The molecule has 14 heavy (non-hydrogen) atoms. The normalized spacial score (nSPS) is 41.8. The highest BCUT2D eigenvalue weighted by Gasteiger charge is 2.39. The lowest BCUT2D eigenvalue weighted by Crippen LogP contribution is -2.54. The first-order chi connectivity index (χ1) is 6.58. The molecule has 0 aromatic carbocycles. The Morgan fingerprint density at radius 2 is 1.64 bits per heavy atom. The summed E-state index contributed by atoms with van der Waals surface area (Å²) in [4.78, 5) is 0. The molecule has 2 rings (SSSR count). The van der Waals surface area contributed by atoms with Gasteiger partial charge in [0.05, 0.1) is 0 Å². The van der Waals surface area contributed by atoms with Gasteiger partial charge in [-0.05, 0) is 49.9 Å². The van der Waals surface area contributed by atoms with Crippen molar-refractivity contribution in [3.63, 3.8) is 0 Å². The van der Waals surface area contributed by atoms with Crippen LogP contribution in [0, 0.1) is 11.3 Å². The van der Waals surface area contributed by atoms with Crippen LogP contribution >= 0.6 is 0 Å². The van der Waals surface area contributed by atoms with Crippen molar-refractivity contribution in [2.75, 3.05) is 0 Å². The highest BCUT2D eigenvalue weighted by Crippen LogP contribution is 2.41. The first kappa shape index (κ1) is 10.5. The first-order valence-electron chi connectivity index (χ1n) is 6.34. The van der Waals surface area contributed by atoms with Crippen LogP contribution in [0.3, 0.4) is 0 Å². The lowest BCUT2D eigenvalue weighted by molar-refractivity contribution is 0.0888. The van der Waals surface area contributed by atoms with Gasteiger partial charge >= 0.3 is 0 Å². The van der Waals surface area contributed by atoms with Gasteiger partial charge in [-0.25, -0.2) is 0 Å². The number of hydrogen-bond acceptors (Lipinski definition) is 1. The van der Waals surface area contributed by atoms with Gasteiger partial charge in [-0.2, -0.15) is 0 Å². The molecule has 0 radical (unpaired) electrons. The van der Waals surface area contributed by atoms with Gasteiger partial charge in [-0.1, -0.05) is 20.8 Å². The molecule has 0 bridgehead atoms. The van der Waals surface area contributed by atoms with Crippen LogP contribution in [0.5, 0.6) is 0 Å². The van der Waals surface area contributed by atoms with Crippen molar-refractivity contribution in [2.45, 2.75) is 71.4 Å². The minimum atomic E-state index is 0.572. The van der Waals surface area contributed by atoms with E-state index in [2.05, 4.69) is 26.1 Å². The molecule has 0 amide bonds. The van der Waals surface area contributed by atoms with Crippen molar-refractivity contribution in [2.24, 2.45) is 11.3 Å². The van der Waals surface area contributed by atoms with E-state index in [-0.39, 0.29) is 0 Å². The van der Waals surface area contributed by atoms with E-state index >= 15 is 0 Å². The molecule has 2 saturated carbocycles. The zero-order chi connectivity index (χ0) is 10.2. The summed E-state index contributed by atoms with van der Waals surface area (Å²) in [6.45, 7) is 7.20. The van der Waals surface area contributed by atoms with Crippen molar-refractivity contribution >= 4 is 0 Å². The van der Waals surface area contributed by atoms with Crippen LogP contribution in [0.25, 0.3) is 0 Å². The largest absolute Gasteiger partial charge is 0.311 e. The smallest absolute Gasteiger partial charge is 0.0121 e. The van der Waals surface area contributed by atoms with Crippen LogP contribution < -0.4 is 5.32 Å². The van der Waals surface area contributed by atoms with Crippen molar-refractivity contribution in [3.8, 4) is 0 Å². The van der Waals surface area contributed by atoms with Gasteiger partial charge in [0.1, 0.15) is 0 Å². The lowest BCUT2D eigenvalue weighted by atomic mass is 9.67. The maximum atomic E-state index is 3.87. The molecule has 0 aliphatic heterocycles. The minimum Gasteiger partial charge on any atom is -0.311 e. The molecule has 1 unspecified atom stereocenters. The molecule has 0 aromatic heterocycles. The molecule has 0 saturated heterocycles. The van der Waals surface area contributed by atoms with E-state index in [9.17, 15) is 0 Å². The Balaban J connectivity index is 1.76. The molecular weight excluding hydrogens is 170 g/mol. The average Bonchev–Trinajstić information content (AvgIpc) is 2.15. The molecule has 2 aliphatic rings. The van der Waals surface area contributed by atoms with E-state index in [1.807, 2.05) is 0 Å². The van der Waals surface area contributed by atoms with E-state index in [0.29, 0.717) is 5.41 Å². The van der Waals surface area contributed by atoms with E-state index < -0.39 is 0 Å². The zero-order valence-electron chi connectivity index (χ0n) is 9.97. The third-order valence-corrected chi connectivity index (χ3v) is 4.47. The second-order valence-corrected chi connectivity index (χ2v) is 6.20. The molecular formula is C13H25N. The molecule has 82 valence electrons. The van der Waals surface area contributed by atoms with Gasteiger partial charge in [0.2, 0.25) is 0 Å². The predicted molar refractivity (Wildman–Crippen MR) is 61.4 cm³/mol.